The molecule has 0 amide bonds. The SMILES string of the molecule is CC[C@@H]1CCCC(CCCCCCCCC[C@H](C)CC2CCCCCCCC[C@H](C)C(C3CCCC(C)[C@@H]3C)CCC[C@H](CC)[C@@H](C)CCCC2)C1N. The highest BCUT2D eigenvalue weighted by Crippen LogP contribution is 2.45. The summed E-state index contributed by atoms with van der Waals surface area (Å²) in [5.74, 6) is 10.2. The highest BCUT2D eigenvalue weighted by molar-refractivity contribution is 4.86. The lowest BCUT2D eigenvalue weighted by molar-refractivity contribution is 0.0790. The van der Waals surface area contributed by atoms with Crippen LogP contribution >= 0.6 is 0 Å². The van der Waals surface area contributed by atoms with Gasteiger partial charge >= 0.3 is 0 Å². The first-order chi connectivity index (χ1) is 25.7. The van der Waals surface area contributed by atoms with E-state index in [2.05, 4.69) is 48.5 Å². The first kappa shape index (κ1) is 47.3. The summed E-state index contributed by atoms with van der Waals surface area (Å²) in [7, 11) is 0. The Bertz CT molecular complexity index is 850. The van der Waals surface area contributed by atoms with E-state index in [4.69, 9.17) is 5.73 Å². The predicted octanol–water partition coefficient (Wildman–Crippen LogP) is 17.1. The van der Waals surface area contributed by atoms with Gasteiger partial charge in [-0.2, -0.15) is 0 Å². The Balaban J connectivity index is 1.36. The molecule has 12 atom stereocenters. The first-order valence-corrected chi connectivity index (χ1v) is 25.5. The largest absolute Gasteiger partial charge is 0.327 e. The summed E-state index contributed by atoms with van der Waals surface area (Å²) in [4.78, 5) is 0. The van der Waals surface area contributed by atoms with E-state index >= 15 is 0 Å². The molecule has 314 valence electrons. The Morgan fingerprint density at radius 3 is 1.66 bits per heavy atom. The topological polar surface area (TPSA) is 26.0 Å². The van der Waals surface area contributed by atoms with E-state index < -0.39 is 0 Å². The van der Waals surface area contributed by atoms with Gasteiger partial charge in [-0.1, -0.05) is 222 Å². The molecular weight excluding hydrogens is 639 g/mol. The first-order valence-electron chi connectivity index (χ1n) is 25.5. The van der Waals surface area contributed by atoms with Crippen molar-refractivity contribution in [2.45, 2.75) is 266 Å². The number of unbranched alkanes of at least 4 members (excludes halogenated alkanes) is 6. The van der Waals surface area contributed by atoms with Gasteiger partial charge in [0.2, 0.25) is 0 Å². The van der Waals surface area contributed by atoms with E-state index in [1.165, 1.54) is 212 Å². The summed E-state index contributed by atoms with van der Waals surface area (Å²) < 4.78 is 0. The van der Waals surface area contributed by atoms with Gasteiger partial charge in [0.15, 0.2) is 0 Å². The lowest BCUT2D eigenvalue weighted by Gasteiger charge is -2.42. The lowest BCUT2D eigenvalue weighted by Crippen LogP contribution is -2.40. The third-order valence-electron chi connectivity index (χ3n) is 16.8. The molecular formula is C52H101N. The maximum Gasteiger partial charge on any atom is 0.00955 e. The molecule has 3 aliphatic rings. The second kappa shape index (κ2) is 28.4. The molecule has 0 radical (unpaired) electrons. The second-order valence-electron chi connectivity index (χ2n) is 20.8. The van der Waals surface area contributed by atoms with Gasteiger partial charge in [-0.25, -0.2) is 0 Å². The van der Waals surface area contributed by atoms with Crippen LogP contribution in [0.4, 0.5) is 0 Å². The number of hydrogen-bond acceptors (Lipinski definition) is 1. The molecule has 0 aromatic rings. The van der Waals surface area contributed by atoms with Gasteiger partial charge in [-0.15, -0.1) is 0 Å². The summed E-state index contributed by atoms with van der Waals surface area (Å²) in [5.41, 5.74) is 6.63. The van der Waals surface area contributed by atoms with Crippen LogP contribution in [-0.4, -0.2) is 6.04 Å². The molecule has 0 saturated heterocycles. The Hall–Kier alpha value is -0.0400. The third-order valence-corrected chi connectivity index (χ3v) is 16.8. The molecule has 0 heterocycles. The molecule has 0 bridgehead atoms. The Kier molecular flexibility index (Phi) is 25.3. The maximum absolute atomic E-state index is 6.63. The quantitative estimate of drug-likeness (QED) is 0.166. The van der Waals surface area contributed by atoms with Gasteiger partial charge in [0.05, 0.1) is 0 Å². The lowest BCUT2D eigenvalue weighted by atomic mass is 9.63. The highest BCUT2D eigenvalue weighted by atomic mass is 14.7. The average molecular weight is 740 g/mol. The maximum atomic E-state index is 6.63. The molecule has 3 saturated carbocycles. The second-order valence-corrected chi connectivity index (χ2v) is 20.8. The molecule has 1 heteroatoms. The number of hydrogen-bond donors (Lipinski definition) is 1. The fourth-order valence-corrected chi connectivity index (χ4v) is 12.7. The molecule has 6 unspecified atom stereocenters. The van der Waals surface area contributed by atoms with Gasteiger partial charge in [0, 0.05) is 6.04 Å². The van der Waals surface area contributed by atoms with Crippen LogP contribution in [0.25, 0.3) is 0 Å². The van der Waals surface area contributed by atoms with E-state index in [1.807, 2.05) is 0 Å². The van der Waals surface area contributed by atoms with E-state index in [0.717, 1.165) is 65.1 Å². The molecule has 0 aromatic heterocycles. The minimum absolute atomic E-state index is 0.488. The summed E-state index contributed by atoms with van der Waals surface area (Å²) >= 11 is 0. The molecule has 3 fully saturated rings. The van der Waals surface area contributed by atoms with Crippen LogP contribution < -0.4 is 5.73 Å². The van der Waals surface area contributed by atoms with Crippen molar-refractivity contribution in [3.8, 4) is 0 Å². The van der Waals surface area contributed by atoms with Crippen LogP contribution in [0.5, 0.6) is 0 Å². The van der Waals surface area contributed by atoms with Crippen molar-refractivity contribution in [3.63, 3.8) is 0 Å². The van der Waals surface area contributed by atoms with E-state index in [9.17, 15) is 0 Å². The molecule has 1 nitrogen and oxygen atoms in total. The predicted molar refractivity (Wildman–Crippen MR) is 238 cm³/mol. The zero-order valence-electron chi connectivity index (χ0n) is 37.8. The summed E-state index contributed by atoms with van der Waals surface area (Å²) in [6.45, 7) is 17.9. The highest BCUT2D eigenvalue weighted by Gasteiger charge is 2.35. The molecule has 53 heavy (non-hydrogen) atoms. The normalized spacial score (nSPS) is 36.1. The molecule has 0 aliphatic heterocycles. The Morgan fingerprint density at radius 1 is 0.453 bits per heavy atom. The van der Waals surface area contributed by atoms with E-state index in [1.54, 1.807) is 0 Å². The minimum Gasteiger partial charge on any atom is -0.327 e. The molecule has 3 rings (SSSR count). The van der Waals surface area contributed by atoms with Gasteiger partial charge in [-0.3, -0.25) is 0 Å². The van der Waals surface area contributed by atoms with Gasteiger partial charge in [-0.05, 0) is 104 Å². The van der Waals surface area contributed by atoms with E-state index in [-0.39, 0.29) is 0 Å². The van der Waals surface area contributed by atoms with Crippen LogP contribution in [-0.2, 0) is 0 Å². The fraction of sp³-hybridized carbons (Fsp3) is 1.00. The average Bonchev–Trinajstić information content (AvgIpc) is 3.15. The zero-order valence-corrected chi connectivity index (χ0v) is 37.8. The van der Waals surface area contributed by atoms with Crippen molar-refractivity contribution in [1.29, 1.82) is 0 Å². The third kappa shape index (κ3) is 18.4. The van der Waals surface area contributed by atoms with Crippen molar-refractivity contribution >= 4 is 0 Å². The Labute approximate surface area is 336 Å². The smallest absolute Gasteiger partial charge is 0.00955 e. The zero-order chi connectivity index (χ0) is 38.3. The van der Waals surface area contributed by atoms with Crippen LogP contribution in [0, 0.1) is 65.1 Å². The van der Waals surface area contributed by atoms with Crippen molar-refractivity contribution in [2.24, 2.45) is 70.8 Å². The molecule has 0 spiro atoms. The van der Waals surface area contributed by atoms with Crippen molar-refractivity contribution < 1.29 is 0 Å². The van der Waals surface area contributed by atoms with Gasteiger partial charge in [0.25, 0.3) is 0 Å². The van der Waals surface area contributed by atoms with Crippen molar-refractivity contribution in [2.75, 3.05) is 0 Å². The molecule has 0 aromatic carbocycles. The Morgan fingerprint density at radius 2 is 0.943 bits per heavy atom. The van der Waals surface area contributed by atoms with Crippen LogP contribution in [0.2, 0.25) is 0 Å². The molecule has 3 aliphatic carbocycles. The van der Waals surface area contributed by atoms with Gasteiger partial charge < -0.3 is 5.73 Å². The van der Waals surface area contributed by atoms with Crippen molar-refractivity contribution in [1.82, 2.24) is 0 Å². The van der Waals surface area contributed by atoms with E-state index in [0.29, 0.717) is 6.04 Å². The summed E-state index contributed by atoms with van der Waals surface area (Å²) in [6.07, 6.45) is 48.3. The fourth-order valence-electron chi connectivity index (χ4n) is 12.7. The van der Waals surface area contributed by atoms with Crippen LogP contribution in [0.1, 0.15) is 260 Å². The standard InChI is InChI=1S/C52H101N/c1-8-47-35-27-38-50(51-39-25-31-42(4)45(51)7)44(6)30-20-16-13-14-17-21-32-46(33-24-23-29-43(47)5)40-41(3)28-19-15-11-10-12-18-22-34-49-37-26-36-48(9-2)52(49)53/h41-52H,8-40,53H2,1-7H3/t41-,42?,43-,44-,45-,46?,47-,48+,49?,50?,51?,52?/m0/s1. The van der Waals surface area contributed by atoms with Crippen LogP contribution in [0.15, 0.2) is 0 Å². The molecule has 2 N–H and O–H groups in total. The van der Waals surface area contributed by atoms with Crippen LogP contribution in [0.3, 0.4) is 0 Å². The van der Waals surface area contributed by atoms with Gasteiger partial charge in [0.1, 0.15) is 0 Å². The minimum atomic E-state index is 0.488. The summed E-state index contributed by atoms with van der Waals surface area (Å²) in [5, 5.41) is 0. The summed E-state index contributed by atoms with van der Waals surface area (Å²) in [6, 6.07) is 0.488. The number of nitrogens with two attached hydrogens (primary N) is 1. The van der Waals surface area contributed by atoms with Crippen molar-refractivity contribution in [3.05, 3.63) is 0 Å². The monoisotopic (exact) mass is 740 g/mol. The number of rotatable bonds is 15.